The van der Waals surface area contributed by atoms with Gasteiger partial charge in [0, 0.05) is 13.1 Å². The number of nitrogens with zero attached hydrogens (tertiary/aromatic N) is 1. The van der Waals surface area contributed by atoms with Crippen LogP contribution in [0.15, 0.2) is 0 Å². The van der Waals surface area contributed by atoms with E-state index in [0.29, 0.717) is 24.5 Å². The fourth-order valence-corrected chi connectivity index (χ4v) is 3.62. The smallest absolute Gasteiger partial charge is 0.224 e. The Hall–Kier alpha value is -0.610. The molecule has 0 radical (unpaired) electrons. The maximum absolute atomic E-state index is 12.3. The van der Waals surface area contributed by atoms with E-state index in [0.717, 1.165) is 39.0 Å². The Balaban J connectivity index is 1.65. The Kier molecular flexibility index (Phi) is 6.49. The molecule has 2 aliphatic rings. The van der Waals surface area contributed by atoms with Crippen LogP contribution in [0, 0.1) is 5.41 Å². The third-order valence-electron chi connectivity index (χ3n) is 5.63. The van der Waals surface area contributed by atoms with Crippen LogP contribution >= 0.6 is 0 Å². The summed E-state index contributed by atoms with van der Waals surface area (Å²) in [7, 11) is 0. The van der Waals surface area contributed by atoms with E-state index in [1.54, 1.807) is 0 Å². The molecule has 2 fully saturated rings. The van der Waals surface area contributed by atoms with Crippen LogP contribution < -0.4 is 5.32 Å². The van der Waals surface area contributed by atoms with Gasteiger partial charge in [-0.3, -0.25) is 4.79 Å². The van der Waals surface area contributed by atoms with E-state index in [-0.39, 0.29) is 5.91 Å². The number of likely N-dealkylation sites (tertiary alicyclic amines) is 1. The van der Waals surface area contributed by atoms with Crippen LogP contribution in [0.25, 0.3) is 0 Å². The summed E-state index contributed by atoms with van der Waals surface area (Å²) in [6.07, 6.45) is 7.88. The molecule has 0 bridgehead atoms. The van der Waals surface area contributed by atoms with Gasteiger partial charge in [0.05, 0.1) is 19.1 Å². The lowest BCUT2D eigenvalue weighted by atomic mass is 9.74. The van der Waals surface area contributed by atoms with Crippen molar-refractivity contribution in [3.8, 4) is 0 Å². The molecule has 2 rings (SSSR count). The Labute approximate surface area is 129 Å². The number of carbonyl (C=O) groups is 1. The topological polar surface area (TPSA) is 41.6 Å². The number of piperidine rings is 2. The molecule has 0 aliphatic carbocycles. The maximum atomic E-state index is 12.3. The summed E-state index contributed by atoms with van der Waals surface area (Å²) < 4.78 is 5.84. The molecular formula is C17H32N2O2. The highest BCUT2D eigenvalue weighted by Gasteiger charge is 2.32. The third kappa shape index (κ3) is 4.68. The van der Waals surface area contributed by atoms with Crippen LogP contribution in [-0.2, 0) is 9.53 Å². The van der Waals surface area contributed by atoms with Crippen molar-refractivity contribution < 1.29 is 9.53 Å². The van der Waals surface area contributed by atoms with Gasteiger partial charge in [0.25, 0.3) is 0 Å². The first kappa shape index (κ1) is 16.8. The van der Waals surface area contributed by atoms with Crippen LogP contribution in [0.4, 0.5) is 0 Å². The Morgan fingerprint density at radius 3 is 2.38 bits per heavy atom. The van der Waals surface area contributed by atoms with Crippen LogP contribution in [0.3, 0.4) is 0 Å². The number of hydrogen-bond acceptors (Lipinski definition) is 3. The molecule has 0 unspecified atom stereocenters. The van der Waals surface area contributed by atoms with Crippen molar-refractivity contribution in [2.24, 2.45) is 5.41 Å². The largest absolute Gasteiger partial charge is 0.378 e. The molecular weight excluding hydrogens is 264 g/mol. The summed E-state index contributed by atoms with van der Waals surface area (Å²) in [5.74, 6) is 0.282. The van der Waals surface area contributed by atoms with Crippen LogP contribution in [0.1, 0.15) is 58.8 Å². The van der Waals surface area contributed by atoms with E-state index in [1.807, 2.05) is 0 Å². The van der Waals surface area contributed by atoms with Crippen molar-refractivity contribution in [2.75, 3.05) is 32.8 Å². The zero-order valence-electron chi connectivity index (χ0n) is 13.8. The zero-order valence-corrected chi connectivity index (χ0v) is 13.8. The molecule has 2 aliphatic heterocycles. The Bertz CT molecular complexity index is 313. The van der Waals surface area contributed by atoms with Gasteiger partial charge in [0.1, 0.15) is 0 Å². The summed E-state index contributed by atoms with van der Waals surface area (Å²) >= 11 is 0. The standard InChI is InChI=1S/C17H32N2O2/c1-3-17(4-2)8-12-19(13-9-17)16(20)7-14-21-15-5-10-18-11-6-15/h15,18H,3-14H2,1-2H3. The van der Waals surface area contributed by atoms with Gasteiger partial charge < -0.3 is 15.0 Å². The number of amides is 1. The van der Waals surface area contributed by atoms with E-state index in [2.05, 4.69) is 24.1 Å². The van der Waals surface area contributed by atoms with Gasteiger partial charge in [0.2, 0.25) is 5.91 Å². The summed E-state index contributed by atoms with van der Waals surface area (Å²) in [6, 6.07) is 0. The van der Waals surface area contributed by atoms with Crippen LogP contribution in [-0.4, -0.2) is 49.7 Å². The van der Waals surface area contributed by atoms with Gasteiger partial charge in [-0.25, -0.2) is 0 Å². The van der Waals surface area contributed by atoms with Crippen molar-refractivity contribution in [3.63, 3.8) is 0 Å². The third-order valence-corrected chi connectivity index (χ3v) is 5.63. The summed E-state index contributed by atoms with van der Waals surface area (Å²) in [6.45, 7) is 9.12. The molecule has 0 aromatic heterocycles. The zero-order chi connectivity index (χ0) is 15.1. The van der Waals surface area contributed by atoms with Gasteiger partial charge in [-0.2, -0.15) is 0 Å². The molecule has 0 aromatic rings. The molecule has 1 amide bonds. The predicted octanol–water partition coefficient (Wildman–Crippen LogP) is 2.57. The fraction of sp³-hybridized carbons (Fsp3) is 0.941. The van der Waals surface area contributed by atoms with Gasteiger partial charge >= 0.3 is 0 Å². The van der Waals surface area contributed by atoms with Crippen molar-refractivity contribution in [1.29, 1.82) is 0 Å². The number of ether oxygens (including phenoxy) is 1. The van der Waals surface area contributed by atoms with Crippen molar-refractivity contribution >= 4 is 5.91 Å². The fourth-order valence-electron chi connectivity index (χ4n) is 3.62. The molecule has 1 N–H and O–H groups in total. The quantitative estimate of drug-likeness (QED) is 0.819. The van der Waals surface area contributed by atoms with Gasteiger partial charge in [-0.05, 0) is 44.2 Å². The summed E-state index contributed by atoms with van der Waals surface area (Å²) in [5, 5.41) is 3.33. The van der Waals surface area contributed by atoms with Crippen molar-refractivity contribution in [3.05, 3.63) is 0 Å². The summed E-state index contributed by atoms with van der Waals surface area (Å²) in [4.78, 5) is 14.3. The molecule has 4 heteroatoms. The lowest BCUT2D eigenvalue weighted by Crippen LogP contribution is -2.43. The average molecular weight is 296 g/mol. The molecule has 2 heterocycles. The first-order chi connectivity index (χ1) is 10.2. The number of carbonyl (C=O) groups excluding carboxylic acids is 1. The minimum absolute atomic E-state index is 0.282. The highest BCUT2D eigenvalue weighted by molar-refractivity contribution is 5.76. The minimum atomic E-state index is 0.282. The molecule has 0 saturated carbocycles. The Morgan fingerprint density at radius 1 is 1.19 bits per heavy atom. The monoisotopic (exact) mass is 296 g/mol. The lowest BCUT2D eigenvalue weighted by molar-refractivity contribution is -0.135. The highest BCUT2D eigenvalue weighted by atomic mass is 16.5. The van der Waals surface area contributed by atoms with Gasteiger partial charge in [0.15, 0.2) is 0 Å². The van der Waals surface area contributed by atoms with Crippen molar-refractivity contribution in [1.82, 2.24) is 10.2 Å². The molecule has 4 nitrogen and oxygen atoms in total. The van der Waals surface area contributed by atoms with Crippen LogP contribution in [0.2, 0.25) is 0 Å². The van der Waals surface area contributed by atoms with Gasteiger partial charge in [-0.15, -0.1) is 0 Å². The second-order valence-electron chi connectivity index (χ2n) is 6.66. The van der Waals surface area contributed by atoms with E-state index in [4.69, 9.17) is 4.74 Å². The number of nitrogens with one attached hydrogen (secondary N) is 1. The minimum Gasteiger partial charge on any atom is -0.378 e. The van der Waals surface area contributed by atoms with E-state index < -0.39 is 0 Å². The first-order valence-electron chi connectivity index (χ1n) is 8.79. The van der Waals surface area contributed by atoms with Gasteiger partial charge in [-0.1, -0.05) is 26.7 Å². The summed E-state index contributed by atoms with van der Waals surface area (Å²) in [5.41, 5.74) is 0.488. The second kappa shape index (κ2) is 8.14. The predicted molar refractivity (Wildman–Crippen MR) is 85.3 cm³/mol. The number of hydrogen-bond donors (Lipinski definition) is 1. The van der Waals surface area contributed by atoms with Crippen molar-refractivity contribution in [2.45, 2.75) is 64.9 Å². The first-order valence-corrected chi connectivity index (χ1v) is 8.79. The molecule has 21 heavy (non-hydrogen) atoms. The Morgan fingerprint density at radius 2 is 1.81 bits per heavy atom. The normalized spacial score (nSPS) is 23.2. The second-order valence-corrected chi connectivity index (χ2v) is 6.66. The SMILES string of the molecule is CCC1(CC)CCN(C(=O)CCOC2CCNCC2)CC1. The van der Waals surface area contributed by atoms with E-state index in [9.17, 15) is 4.79 Å². The van der Waals surface area contributed by atoms with E-state index in [1.165, 1.54) is 25.7 Å². The molecule has 0 atom stereocenters. The lowest BCUT2D eigenvalue weighted by Gasteiger charge is -2.41. The molecule has 122 valence electrons. The van der Waals surface area contributed by atoms with E-state index >= 15 is 0 Å². The molecule has 0 aromatic carbocycles. The maximum Gasteiger partial charge on any atom is 0.224 e. The highest BCUT2D eigenvalue weighted by Crippen LogP contribution is 2.37. The number of rotatable bonds is 6. The average Bonchev–Trinajstić information content (AvgIpc) is 2.56. The molecule has 2 saturated heterocycles. The van der Waals surface area contributed by atoms with Crippen LogP contribution in [0.5, 0.6) is 0 Å². The molecule has 0 spiro atoms.